The third-order valence-corrected chi connectivity index (χ3v) is 3.34. The third kappa shape index (κ3) is 3.97. The van der Waals surface area contributed by atoms with Crippen molar-refractivity contribution in [1.82, 2.24) is 4.90 Å². The molecule has 1 atom stereocenters. The second-order valence-electron chi connectivity index (χ2n) is 4.55. The first-order valence-electron chi connectivity index (χ1n) is 6.14. The zero-order valence-electron chi connectivity index (χ0n) is 10.7. The normalized spacial score (nSPS) is 23.2. The van der Waals surface area contributed by atoms with Crippen molar-refractivity contribution in [1.29, 1.82) is 0 Å². The Morgan fingerprint density at radius 2 is 2.31 bits per heavy atom. The average Bonchev–Trinajstić information content (AvgIpc) is 2.35. The van der Waals surface area contributed by atoms with Gasteiger partial charge in [0.05, 0.1) is 7.11 Å². The van der Waals surface area contributed by atoms with E-state index in [2.05, 4.69) is 16.6 Å². The number of hydrogen-bond acceptors (Lipinski definition) is 3. The molecule has 1 saturated heterocycles. The van der Waals surface area contributed by atoms with Crippen molar-refractivity contribution in [3.8, 4) is 0 Å². The van der Waals surface area contributed by atoms with Gasteiger partial charge in [-0.15, -0.1) is 0 Å². The largest absolute Gasteiger partial charge is 0.466 e. The van der Waals surface area contributed by atoms with Gasteiger partial charge in [-0.25, -0.2) is 4.79 Å². The summed E-state index contributed by atoms with van der Waals surface area (Å²) >= 11 is 0. The van der Waals surface area contributed by atoms with E-state index in [4.69, 9.17) is 0 Å². The van der Waals surface area contributed by atoms with Crippen LogP contribution in [0.1, 0.15) is 33.1 Å². The van der Waals surface area contributed by atoms with E-state index in [0.717, 1.165) is 19.0 Å². The highest BCUT2D eigenvalue weighted by atomic mass is 16.5. The summed E-state index contributed by atoms with van der Waals surface area (Å²) in [5.41, 5.74) is 0.709. The zero-order valence-corrected chi connectivity index (χ0v) is 10.7. The van der Waals surface area contributed by atoms with Crippen LogP contribution in [0.15, 0.2) is 11.6 Å². The number of methoxy groups -OCH3 is 1. The molecule has 0 aromatic rings. The molecule has 0 aliphatic carbocycles. The van der Waals surface area contributed by atoms with E-state index in [1.54, 1.807) is 0 Å². The molecule has 1 aliphatic rings. The van der Waals surface area contributed by atoms with Crippen LogP contribution < -0.4 is 0 Å². The van der Waals surface area contributed by atoms with Crippen LogP contribution in [0.4, 0.5) is 0 Å². The van der Waals surface area contributed by atoms with E-state index in [9.17, 15) is 4.79 Å². The van der Waals surface area contributed by atoms with Gasteiger partial charge in [0.1, 0.15) is 0 Å². The predicted molar refractivity (Wildman–Crippen MR) is 65.2 cm³/mol. The molecule has 0 aromatic carbocycles. The Bertz CT molecular complexity index is 261. The van der Waals surface area contributed by atoms with Crippen LogP contribution in [0.3, 0.4) is 0 Å². The average molecular weight is 225 g/mol. The minimum atomic E-state index is -0.218. The second-order valence-corrected chi connectivity index (χ2v) is 4.55. The lowest BCUT2D eigenvalue weighted by Gasteiger charge is -2.31. The molecule has 0 radical (unpaired) electrons. The minimum Gasteiger partial charge on any atom is -0.466 e. The fraction of sp³-hybridized carbons (Fsp3) is 0.769. The molecule has 0 amide bonds. The number of carbonyl (C=O) groups excluding carboxylic acids is 1. The standard InChI is InChI=1S/C13H23NO2/c1-4-12-6-5-8-14(10-12)9-7-11(2)13(15)16-3/h7,12H,4-6,8-10H2,1-3H3. The number of piperidine rings is 1. The van der Waals surface area contributed by atoms with Crippen molar-refractivity contribution in [2.24, 2.45) is 5.92 Å². The molecule has 1 unspecified atom stereocenters. The summed E-state index contributed by atoms with van der Waals surface area (Å²) < 4.78 is 4.67. The number of ether oxygens (including phenoxy) is 1. The molecule has 1 heterocycles. The summed E-state index contributed by atoms with van der Waals surface area (Å²) in [4.78, 5) is 13.6. The van der Waals surface area contributed by atoms with E-state index in [0.29, 0.717) is 5.57 Å². The molecule has 1 fully saturated rings. The van der Waals surface area contributed by atoms with E-state index in [1.807, 2.05) is 13.0 Å². The quantitative estimate of drug-likeness (QED) is 0.543. The molecule has 0 saturated carbocycles. The molecule has 0 N–H and O–H groups in total. The first-order valence-corrected chi connectivity index (χ1v) is 6.14. The number of rotatable bonds is 4. The van der Waals surface area contributed by atoms with Crippen LogP contribution >= 0.6 is 0 Å². The van der Waals surface area contributed by atoms with Crippen molar-refractivity contribution in [3.63, 3.8) is 0 Å². The Morgan fingerprint density at radius 1 is 1.56 bits per heavy atom. The van der Waals surface area contributed by atoms with Crippen molar-refractivity contribution in [2.75, 3.05) is 26.7 Å². The summed E-state index contributed by atoms with van der Waals surface area (Å²) in [5, 5.41) is 0. The molecule has 16 heavy (non-hydrogen) atoms. The van der Waals surface area contributed by atoms with Gasteiger partial charge in [-0.05, 0) is 32.2 Å². The molecule has 3 heteroatoms. The van der Waals surface area contributed by atoms with E-state index < -0.39 is 0 Å². The molecule has 0 bridgehead atoms. The predicted octanol–water partition coefficient (Wildman–Crippen LogP) is 2.23. The van der Waals surface area contributed by atoms with Crippen LogP contribution in [-0.2, 0) is 9.53 Å². The monoisotopic (exact) mass is 225 g/mol. The van der Waals surface area contributed by atoms with Gasteiger partial charge < -0.3 is 4.74 Å². The van der Waals surface area contributed by atoms with Crippen molar-refractivity contribution in [3.05, 3.63) is 11.6 Å². The Morgan fingerprint density at radius 3 is 2.94 bits per heavy atom. The molecule has 0 aromatic heterocycles. The molecule has 92 valence electrons. The Labute approximate surface area is 98.5 Å². The summed E-state index contributed by atoms with van der Waals surface area (Å²) in [6, 6.07) is 0. The van der Waals surface area contributed by atoms with Crippen molar-refractivity contribution >= 4 is 5.97 Å². The highest BCUT2D eigenvalue weighted by Crippen LogP contribution is 2.18. The molecule has 1 aliphatic heterocycles. The lowest BCUT2D eigenvalue weighted by Crippen LogP contribution is -2.35. The van der Waals surface area contributed by atoms with Crippen molar-refractivity contribution in [2.45, 2.75) is 33.1 Å². The van der Waals surface area contributed by atoms with E-state index in [-0.39, 0.29) is 5.97 Å². The second kappa shape index (κ2) is 6.69. The Hall–Kier alpha value is -0.830. The van der Waals surface area contributed by atoms with E-state index >= 15 is 0 Å². The van der Waals surface area contributed by atoms with Gasteiger partial charge in [-0.3, -0.25) is 4.90 Å². The summed E-state index contributed by atoms with van der Waals surface area (Å²) in [7, 11) is 1.42. The zero-order chi connectivity index (χ0) is 12.0. The van der Waals surface area contributed by atoms with Gasteiger partial charge in [0.25, 0.3) is 0 Å². The SMILES string of the molecule is CCC1CCCN(CC=C(C)C(=O)OC)C1. The molecular weight excluding hydrogens is 202 g/mol. The molecule has 1 rings (SSSR count). The van der Waals surface area contributed by atoms with Crippen LogP contribution in [0.2, 0.25) is 0 Å². The fourth-order valence-corrected chi connectivity index (χ4v) is 2.16. The molecular formula is C13H23NO2. The fourth-order valence-electron chi connectivity index (χ4n) is 2.16. The third-order valence-electron chi connectivity index (χ3n) is 3.34. The lowest BCUT2D eigenvalue weighted by molar-refractivity contribution is -0.136. The number of carbonyl (C=O) groups is 1. The van der Waals surface area contributed by atoms with Gasteiger partial charge in [-0.2, -0.15) is 0 Å². The summed E-state index contributed by atoms with van der Waals surface area (Å²) in [6.45, 7) is 7.26. The van der Waals surface area contributed by atoms with Gasteiger partial charge in [0, 0.05) is 18.7 Å². The smallest absolute Gasteiger partial charge is 0.333 e. The number of esters is 1. The van der Waals surface area contributed by atoms with Crippen molar-refractivity contribution < 1.29 is 9.53 Å². The van der Waals surface area contributed by atoms with Crippen LogP contribution in [-0.4, -0.2) is 37.6 Å². The number of hydrogen-bond donors (Lipinski definition) is 0. The molecule has 0 spiro atoms. The van der Waals surface area contributed by atoms with Crippen LogP contribution in [0.5, 0.6) is 0 Å². The topological polar surface area (TPSA) is 29.5 Å². The maximum Gasteiger partial charge on any atom is 0.333 e. The Kier molecular flexibility index (Phi) is 5.53. The molecule has 3 nitrogen and oxygen atoms in total. The van der Waals surface area contributed by atoms with E-state index in [1.165, 1.54) is 32.9 Å². The number of nitrogens with zero attached hydrogens (tertiary/aromatic N) is 1. The van der Waals surface area contributed by atoms with Gasteiger partial charge in [0.2, 0.25) is 0 Å². The highest BCUT2D eigenvalue weighted by molar-refractivity contribution is 5.87. The first-order chi connectivity index (χ1) is 7.67. The first kappa shape index (κ1) is 13.2. The lowest BCUT2D eigenvalue weighted by atomic mass is 9.96. The summed E-state index contributed by atoms with van der Waals surface area (Å²) in [5.74, 6) is 0.615. The highest BCUT2D eigenvalue weighted by Gasteiger charge is 2.17. The summed E-state index contributed by atoms with van der Waals surface area (Å²) in [6.07, 6.45) is 5.87. The Balaban J connectivity index is 2.39. The maximum atomic E-state index is 11.2. The van der Waals surface area contributed by atoms with Crippen LogP contribution in [0, 0.1) is 5.92 Å². The minimum absolute atomic E-state index is 0.218. The number of likely N-dealkylation sites (tertiary alicyclic amines) is 1. The van der Waals surface area contributed by atoms with Gasteiger partial charge >= 0.3 is 5.97 Å². The van der Waals surface area contributed by atoms with Gasteiger partial charge in [0.15, 0.2) is 0 Å². The van der Waals surface area contributed by atoms with Crippen LogP contribution in [0.25, 0.3) is 0 Å². The van der Waals surface area contributed by atoms with Gasteiger partial charge in [-0.1, -0.05) is 19.4 Å². The maximum absolute atomic E-state index is 11.2.